The summed E-state index contributed by atoms with van der Waals surface area (Å²) >= 11 is 1.43. The van der Waals surface area contributed by atoms with Crippen molar-refractivity contribution in [2.45, 2.75) is 11.3 Å². The molecule has 3 aromatic rings. The normalized spacial score (nSPS) is 14.8. The summed E-state index contributed by atoms with van der Waals surface area (Å²) in [6.07, 6.45) is -0.163. The van der Waals surface area contributed by atoms with Gasteiger partial charge in [0, 0.05) is 57.8 Å². The van der Waals surface area contributed by atoms with Crippen molar-refractivity contribution in [3.8, 4) is 0 Å². The molecule has 10 nitrogen and oxygen atoms in total. The van der Waals surface area contributed by atoms with Crippen molar-refractivity contribution in [2.24, 2.45) is 0 Å². The van der Waals surface area contributed by atoms with Crippen molar-refractivity contribution in [1.29, 1.82) is 0 Å². The van der Waals surface area contributed by atoms with Crippen molar-refractivity contribution >= 4 is 48.1 Å². The molecule has 1 amide bonds. The Morgan fingerprint density at radius 3 is 2.54 bits per heavy atom. The first kappa shape index (κ1) is 24.9. The average molecular weight is 522 g/mol. The van der Waals surface area contributed by atoms with Gasteiger partial charge in [-0.25, -0.2) is 17.8 Å². The number of fused-ring (bicyclic) bond motifs is 1. The topological polar surface area (TPSA) is 126 Å². The largest absolute Gasteiger partial charge is 0.355 e. The van der Waals surface area contributed by atoms with Crippen molar-refractivity contribution in [3.63, 3.8) is 0 Å². The Labute approximate surface area is 205 Å². The van der Waals surface area contributed by atoms with E-state index in [4.69, 9.17) is 0 Å². The first-order valence-corrected chi connectivity index (χ1v) is 13.5. The van der Waals surface area contributed by atoms with E-state index in [-0.39, 0.29) is 28.7 Å². The molecule has 186 valence electrons. The minimum Gasteiger partial charge on any atom is -0.355 e. The minimum absolute atomic E-state index is 0.00378. The van der Waals surface area contributed by atoms with Crippen LogP contribution < -0.4 is 10.2 Å². The van der Waals surface area contributed by atoms with Gasteiger partial charge in [-0.2, -0.15) is 0 Å². The first-order valence-electron chi connectivity index (χ1n) is 11.0. The fourth-order valence-corrected chi connectivity index (χ4v) is 6.03. The second kappa shape index (κ2) is 10.6. The average Bonchev–Trinajstić information content (AvgIpc) is 3.27. The highest BCUT2D eigenvalue weighted by Gasteiger charge is 2.21. The molecular formula is C22H24FN5O5S2. The van der Waals surface area contributed by atoms with Crippen LogP contribution >= 0.6 is 11.3 Å². The molecule has 1 saturated heterocycles. The summed E-state index contributed by atoms with van der Waals surface area (Å²) in [6.45, 7) is 4.06. The van der Waals surface area contributed by atoms with E-state index in [0.717, 1.165) is 53.7 Å². The van der Waals surface area contributed by atoms with E-state index in [0.29, 0.717) is 13.1 Å². The van der Waals surface area contributed by atoms with Gasteiger partial charge in [-0.1, -0.05) is 11.3 Å². The van der Waals surface area contributed by atoms with Crippen LogP contribution in [0.4, 0.5) is 15.2 Å². The lowest BCUT2D eigenvalue weighted by Crippen LogP contribution is -2.48. The number of amides is 1. The fourth-order valence-electron chi connectivity index (χ4n) is 3.74. The van der Waals surface area contributed by atoms with Gasteiger partial charge in [0.05, 0.1) is 25.8 Å². The molecule has 0 bridgehead atoms. The number of carbonyl (C=O) groups is 1. The number of sulfone groups is 1. The summed E-state index contributed by atoms with van der Waals surface area (Å²) < 4.78 is 38.3. The molecule has 4 rings (SSSR count). The molecule has 1 aliphatic rings. The van der Waals surface area contributed by atoms with Crippen LogP contribution in [0.2, 0.25) is 0 Å². The van der Waals surface area contributed by atoms with E-state index >= 15 is 0 Å². The standard InChI is InChI=1S/C22H24FN5O5S2/c23-16-1-4-18(5-2-16)35(32,33)14-7-21(29)24-8-9-26-10-12-27(13-11-26)22-25-19-6-3-17(28(30)31)15-20(19)34-22/h1-6,15H,7-14H2,(H,24,29). The quantitative estimate of drug-likeness (QED) is 0.259. The lowest BCUT2D eigenvalue weighted by molar-refractivity contribution is -0.384. The van der Waals surface area contributed by atoms with Gasteiger partial charge in [-0.15, -0.1) is 0 Å². The van der Waals surface area contributed by atoms with Gasteiger partial charge in [-0.3, -0.25) is 19.8 Å². The molecule has 2 aromatic carbocycles. The first-order chi connectivity index (χ1) is 16.7. The maximum absolute atomic E-state index is 13.0. The summed E-state index contributed by atoms with van der Waals surface area (Å²) in [5.74, 6) is -1.21. The molecule has 0 unspecified atom stereocenters. The third-order valence-electron chi connectivity index (χ3n) is 5.74. The third kappa shape index (κ3) is 6.29. The monoisotopic (exact) mass is 521 g/mol. The van der Waals surface area contributed by atoms with Crippen LogP contribution in [0.1, 0.15) is 6.42 Å². The van der Waals surface area contributed by atoms with Crippen molar-refractivity contribution in [1.82, 2.24) is 15.2 Å². The number of halogens is 1. The number of nitrogens with one attached hydrogen (secondary N) is 1. The van der Waals surface area contributed by atoms with Crippen LogP contribution in [-0.2, 0) is 14.6 Å². The zero-order chi connectivity index (χ0) is 25.0. The maximum atomic E-state index is 13.0. The van der Waals surface area contributed by atoms with Gasteiger partial charge in [0.2, 0.25) is 5.91 Å². The molecule has 1 aromatic heterocycles. The lowest BCUT2D eigenvalue weighted by Gasteiger charge is -2.34. The van der Waals surface area contributed by atoms with Crippen LogP contribution in [0.25, 0.3) is 10.2 Å². The van der Waals surface area contributed by atoms with Crippen molar-refractivity contribution in [3.05, 3.63) is 58.4 Å². The van der Waals surface area contributed by atoms with Gasteiger partial charge in [-0.05, 0) is 30.3 Å². The number of carbonyl (C=O) groups excluding carboxylic acids is 1. The number of hydrogen-bond acceptors (Lipinski definition) is 9. The molecule has 1 N–H and O–H groups in total. The lowest BCUT2D eigenvalue weighted by atomic mass is 10.3. The number of non-ortho nitro benzene ring substituents is 1. The van der Waals surface area contributed by atoms with Crippen LogP contribution in [0.15, 0.2) is 47.4 Å². The van der Waals surface area contributed by atoms with E-state index in [1.807, 2.05) is 0 Å². The number of benzene rings is 2. The predicted molar refractivity (Wildman–Crippen MR) is 131 cm³/mol. The van der Waals surface area contributed by atoms with Gasteiger partial charge >= 0.3 is 0 Å². The minimum atomic E-state index is -3.65. The Kier molecular flexibility index (Phi) is 7.57. The molecule has 13 heteroatoms. The van der Waals surface area contributed by atoms with E-state index in [1.54, 1.807) is 12.1 Å². The number of hydrogen-bond donors (Lipinski definition) is 1. The second-order valence-corrected chi connectivity index (χ2v) is 11.2. The summed E-state index contributed by atoms with van der Waals surface area (Å²) in [6, 6.07) is 9.21. The zero-order valence-electron chi connectivity index (χ0n) is 18.7. The second-order valence-electron chi connectivity index (χ2n) is 8.11. The molecule has 35 heavy (non-hydrogen) atoms. The number of anilines is 1. The Hall–Kier alpha value is -3.16. The molecule has 0 aliphatic carbocycles. The number of thiazole rings is 1. The summed E-state index contributed by atoms with van der Waals surface area (Å²) in [5, 5.41) is 14.6. The number of aromatic nitrogens is 1. The Morgan fingerprint density at radius 2 is 1.86 bits per heavy atom. The van der Waals surface area contributed by atoms with E-state index < -0.39 is 20.6 Å². The van der Waals surface area contributed by atoms with Gasteiger partial charge < -0.3 is 10.2 Å². The number of rotatable bonds is 9. The Bertz CT molecular complexity index is 1320. The van der Waals surface area contributed by atoms with Crippen molar-refractivity contribution < 1.29 is 22.5 Å². The highest BCUT2D eigenvalue weighted by Crippen LogP contribution is 2.31. The van der Waals surface area contributed by atoms with Crippen molar-refractivity contribution in [2.75, 3.05) is 49.9 Å². The molecule has 0 atom stereocenters. The van der Waals surface area contributed by atoms with Crippen LogP contribution in [0, 0.1) is 15.9 Å². The van der Waals surface area contributed by atoms with Crippen LogP contribution in [0.3, 0.4) is 0 Å². The number of piperazine rings is 1. The van der Waals surface area contributed by atoms with Gasteiger partial charge in [0.25, 0.3) is 5.69 Å². The Balaban J connectivity index is 1.19. The number of nitro benzene ring substituents is 1. The fraction of sp³-hybridized carbons (Fsp3) is 0.364. The van der Waals surface area contributed by atoms with Crippen LogP contribution in [0.5, 0.6) is 0 Å². The third-order valence-corrected chi connectivity index (χ3v) is 8.55. The van der Waals surface area contributed by atoms with Crippen LogP contribution in [-0.4, -0.2) is 74.2 Å². The molecule has 1 fully saturated rings. The highest BCUT2D eigenvalue weighted by atomic mass is 32.2. The Morgan fingerprint density at radius 1 is 1.14 bits per heavy atom. The molecule has 2 heterocycles. The maximum Gasteiger partial charge on any atom is 0.270 e. The summed E-state index contributed by atoms with van der Waals surface area (Å²) in [4.78, 5) is 31.6. The summed E-state index contributed by atoms with van der Waals surface area (Å²) in [5.41, 5.74) is 0.787. The van der Waals surface area contributed by atoms with Gasteiger partial charge in [0.15, 0.2) is 15.0 Å². The molecule has 1 aliphatic heterocycles. The molecular weight excluding hydrogens is 497 g/mol. The van der Waals surface area contributed by atoms with E-state index in [1.165, 1.54) is 29.5 Å². The molecule has 0 radical (unpaired) electrons. The van der Waals surface area contributed by atoms with E-state index in [9.17, 15) is 27.7 Å². The number of nitrogens with zero attached hydrogens (tertiary/aromatic N) is 4. The SMILES string of the molecule is O=C(CCS(=O)(=O)c1ccc(F)cc1)NCCN1CCN(c2nc3ccc([N+](=O)[O-])cc3s2)CC1. The highest BCUT2D eigenvalue weighted by molar-refractivity contribution is 7.91. The summed E-state index contributed by atoms with van der Waals surface area (Å²) in [7, 11) is -3.65. The zero-order valence-corrected chi connectivity index (χ0v) is 20.4. The molecule has 0 spiro atoms. The molecule has 0 saturated carbocycles. The predicted octanol–water partition coefficient (Wildman–Crippen LogP) is 2.45. The number of nitro groups is 1. The smallest absolute Gasteiger partial charge is 0.270 e. The van der Waals surface area contributed by atoms with E-state index in [2.05, 4.69) is 20.1 Å². The van der Waals surface area contributed by atoms with Gasteiger partial charge in [0.1, 0.15) is 5.82 Å².